The van der Waals surface area contributed by atoms with Gasteiger partial charge in [-0.2, -0.15) is 10.2 Å². The summed E-state index contributed by atoms with van der Waals surface area (Å²) in [5.41, 5.74) is 11.5. The van der Waals surface area contributed by atoms with Crippen LogP contribution >= 0.6 is 0 Å². The van der Waals surface area contributed by atoms with Crippen molar-refractivity contribution in [3.05, 3.63) is 59.2 Å². The number of primary amides is 1. The van der Waals surface area contributed by atoms with Gasteiger partial charge in [0.2, 0.25) is 11.8 Å². The molecule has 5 heterocycles. The molecule has 1 aromatic carbocycles. The number of fused-ring (bicyclic) bond motifs is 1. The molecule has 46 heavy (non-hydrogen) atoms. The molecule has 3 aliphatic heterocycles. The fourth-order valence-corrected chi connectivity index (χ4v) is 8.02. The number of hydrogen-bond acceptors (Lipinski definition) is 7. The zero-order valence-electron chi connectivity index (χ0n) is 27.1. The first-order chi connectivity index (χ1) is 22.1. The molecule has 3 amide bonds. The fourth-order valence-electron chi connectivity index (χ4n) is 8.02. The lowest BCUT2D eigenvalue weighted by Gasteiger charge is -2.38. The van der Waals surface area contributed by atoms with Crippen LogP contribution in [-0.4, -0.2) is 74.9 Å². The van der Waals surface area contributed by atoms with Crippen molar-refractivity contribution in [3.8, 4) is 5.69 Å². The predicted molar refractivity (Wildman–Crippen MR) is 175 cm³/mol. The van der Waals surface area contributed by atoms with Gasteiger partial charge in [0.25, 0.3) is 5.91 Å². The Morgan fingerprint density at radius 1 is 0.978 bits per heavy atom. The third-order valence-corrected chi connectivity index (χ3v) is 10.8. The van der Waals surface area contributed by atoms with E-state index >= 15 is 0 Å². The predicted octanol–water partition coefficient (Wildman–Crippen LogP) is 3.76. The number of nitrogens with one attached hydrogen (secondary N) is 1. The van der Waals surface area contributed by atoms with Gasteiger partial charge in [-0.1, -0.05) is 26.0 Å². The Morgan fingerprint density at radius 2 is 1.72 bits per heavy atom. The summed E-state index contributed by atoms with van der Waals surface area (Å²) in [6.45, 7) is 9.90. The standard InChI is InChI=1S/C35H46N8O3/c1-35(2)14-9-29-30(19-35)43(39-32(29)33(36)45)27-20-37-42(22-27)26-12-15-40(16-13-26)21-23-10-17-41(18-11-23)25-5-3-24(4-6-25)28-7-8-31(44)38-34(28)46/h3-6,20,22-23,26,28H,7-19,21H2,1-2H3,(H2,36,45)(H,38,44,46)/t28-/m0/s1. The minimum absolute atomic E-state index is 0.157. The van der Waals surface area contributed by atoms with E-state index < -0.39 is 5.91 Å². The highest BCUT2D eigenvalue weighted by molar-refractivity contribution is 6.01. The minimum atomic E-state index is -0.458. The lowest BCUT2D eigenvalue weighted by atomic mass is 9.76. The number of aromatic nitrogens is 4. The summed E-state index contributed by atoms with van der Waals surface area (Å²) in [6, 6.07) is 8.71. The van der Waals surface area contributed by atoms with E-state index in [4.69, 9.17) is 10.8 Å². The highest BCUT2D eigenvalue weighted by Gasteiger charge is 2.34. The molecule has 2 aromatic heterocycles. The normalized spacial score (nSPS) is 22.9. The average Bonchev–Trinajstić information content (AvgIpc) is 3.67. The van der Waals surface area contributed by atoms with Gasteiger partial charge in [-0.3, -0.25) is 24.4 Å². The van der Waals surface area contributed by atoms with Gasteiger partial charge in [0, 0.05) is 56.1 Å². The van der Waals surface area contributed by atoms with Crippen molar-refractivity contribution in [2.24, 2.45) is 17.1 Å². The van der Waals surface area contributed by atoms with Crippen LogP contribution < -0.4 is 16.0 Å². The van der Waals surface area contributed by atoms with Crippen LogP contribution in [0.3, 0.4) is 0 Å². The van der Waals surface area contributed by atoms with Gasteiger partial charge >= 0.3 is 0 Å². The van der Waals surface area contributed by atoms with Crippen molar-refractivity contribution in [1.29, 1.82) is 0 Å². The maximum Gasteiger partial charge on any atom is 0.269 e. The van der Waals surface area contributed by atoms with Gasteiger partial charge < -0.3 is 15.5 Å². The summed E-state index contributed by atoms with van der Waals surface area (Å²) in [6.07, 6.45) is 12.1. The molecule has 0 saturated carbocycles. The van der Waals surface area contributed by atoms with E-state index in [1.807, 2.05) is 10.9 Å². The Hall–Kier alpha value is -3.99. The molecule has 3 fully saturated rings. The number of rotatable bonds is 7. The number of hydrogen-bond donors (Lipinski definition) is 2. The number of nitrogens with zero attached hydrogens (tertiary/aromatic N) is 6. The molecule has 244 valence electrons. The number of carbonyl (C=O) groups is 3. The second kappa shape index (κ2) is 12.3. The van der Waals surface area contributed by atoms with E-state index in [1.165, 1.54) is 18.5 Å². The second-order valence-electron chi connectivity index (χ2n) is 14.6. The first-order valence-corrected chi connectivity index (χ1v) is 17.0. The molecule has 3 saturated heterocycles. The highest BCUT2D eigenvalue weighted by atomic mass is 16.2. The summed E-state index contributed by atoms with van der Waals surface area (Å²) in [5, 5.41) is 11.9. The maximum absolute atomic E-state index is 12.2. The SMILES string of the molecule is CC1(C)CCc2c(C(N)=O)nn(-c3cnn(C4CCN(CC5CCN(c6ccc([C@@H]7CCC(=O)NC7=O)cc6)CC5)CC4)c3)c2C1. The van der Waals surface area contributed by atoms with Gasteiger partial charge in [-0.15, -0.1) is 0 Å². The van der Waals surface area contributed by atoms with Crippen molar-refractivity contribution in [2.75, 3.05) is 37.6 Å². The number of imide groups is 1. The number of benzene rings is 1. The summed E-state index contributed by atoms with van der Waals surface area (Å²) < 4.78 is 4.01. The molecule has 0 unspecified atom stereocenters. The van der Waals surface area contributed by atoms with Crippen molar-refractivity contribution in [3.63, 3.8) is 0 Å². The summed E-state index contributed by atoms with van der Waals surface area (Å²) >= 11 is 0. The first-order valence-electron chi connectivity index (χ1n) is 17.0. The first kappa shape index (κ1) is 30.7. The molecule has 3 N–H and O–H groups in total. The molecule has 4 aliphatic rings. The highest BCUT2D eigenvalue weighted by Crippen LogP contribution is 2.37. The monoisotopic (exact) mass is 626 g/mol. The van der Waals surface area contributed by atoms with Gasteiger partial charge in [-0.05, 0) is 80.4 Å². The van der Waals surface area contributed by atoms with E-state index in [0.717, 1.165) is 87.3 Å². The molecule has 0 bridgehead atoms. The van der Waals surface area contributed by atoms with Crippen LogP contribution in [0.1, 0.15) is 98.1 Å². The number of amides is 3. The van der Waals surface area contributed by atoms with Crippen LogP contribution in [0.2, 0.25) is 0 Å². The third-order valence-electron chi connectivity index (χ3n) is 10.8. The van der Waals surface area contributed by atoms with E-state index in [0.29, 0.717) is 30.5 Å². The van der Waals surface area contributed by atoms with Crippen LogP contribution in [0.25, 0.3) is 5.69 Å². The average molecular weight is 627 g/mol. The van der Waals surface area contributed by atoms with Crippen LogP contribution in [0.5, 0.6) is 0 Å². The zero-order chi connectivity index (χ0) is 32.0. The van der Waals surface area contributed by atoms with Crippen molar-refractivity contribution >= 4 is 23.4 Å². The fraction of sp³-hybridized carbons (Fsp3) is 0.571. The van der Waals surface area contributed by atoms with Crippen molar-refractivity contribution in [1.82, 2.24) is 29.8 Å². The maximum atomic E-state index is 12.2. The Morgan fingerprint density at radius 3 is 2.41 bits per heavy atom. The van der Waals surface area contributed by atoms with E-state index in [-0.39, 0.29) is 23.1 Å². The van der Waals surface area contributed by atoms with E-state index in [9.17, 15) is 14.4 Å². The zero-order valence-corrected chi connectivity index (χ0v) is 27.1. The van der Waals surface area contributed by atoms with E-state index in [2.05, 4.69) is 69.2 Å². The number of piperidine rings is 3. The van der Waals surface area contributed by atoms with Gasteiger partial charge in [0.15, 0.2) is 5.69 Å². The van der Waals surface area contributed by atoms with Crippen molar-refractivity contribution < 1.29 is 14.4 Å². The molecule has 11 nitrogen and oxygen atoms in total. The topological polar surface area (TPSA) is 131 Å². The van der Waals surface area contributed by atoms with Crippen LogP contribution in [0.15, 0.2) is 36.7 Å². The molecular formula is C35H46N8O3. The molecule has 0 spiro atoms. The van der Waals surface area contributed by atoms with Gasteiger partial charge in [0.1, 0.15) is 5.69 Å². The summed E-state index contributed by atoms with van der Waals surface area (Å²) in [5.74, 6) is -0.349. The Kier molecular flexibility index (Phi) is 8.21. The second-order valence-corrected chi connectivity index (χ2v) is 14.6. The number of nitrogens with two attached hydrogens (primary N) is 1. The van der Waals surface area contributed by atoms with Crippen LogP contribution in [-0.2, 0) is 22.4 Å². The Balaban J connectivity index is 0.902. The smallest absolute Gasteiger partial charge is 0.269 e. The van der Waals surface area contributed by atoms with Crippen LogP contribution in [0, 0.1) is 11.3 Å². The Bertz CT molecular complexity index is 1610. The third kappa shape index (κ3) is 6.21. The summed E-state index contributed by atoms with van der Waals surface area (Å²) in [4.78, 5) is 41.0. The lowest BCUT2D eigenvalue weighted by Crippen LogP contribution is -2.42. The Labute approximate surface area is 270 Å². The van der Waals surface area contributed by atoms with Crippen LogP contribution in [0.4, 0.5) is 5.69 Å². The summed E-state index contributed by atoms with van der Waals surface area (Å²) in [7, 11) is 0. The van der Waals surface area contributed by atoms with Crippen molar-refractivity contribution in [2.45, 2.75) is 83.6 Å². The molecular weight excluding hydrogens is 580 g/mol. The number of likely N-dealkylation sites (tertiary alicyclic amines) is 1. The molecule has 3 aromatic rings. The largest absolute Gasteiger partial charge is 0.372 e. The van der Waals surface area contributed by atoms with E-state index in [1.54, 1.807) is 0 Å². The van der Waals surface area contributed by atoms with Gasteiger partial charge in [0.05, 0.1) is 24.4 Å². The molecule has 11 heteroatoms. The molecule has 7 rings (SSSR count). The molecule has 1 atom stereocenters. The molecule has 0 radical (unpaired) electrons. The van der Waals surface area contributed by atoms with Gasteiger partial charge in [-0.25, -0.2) is 4.68 Å². The lowest BCUT2D eigenvalue weighted by molar-refractivity contribution is -0.134. The number of anilines is 1. The molecule has 1 aliphatic carbocycles. The quantitative estimate of drug-likeness (QED) is 0.382. The number of carbonyl (C=O) groups excluding carboxylic acids is 3. The minimum Gasteiger partial charge on any atom is -0.372 e.